The molecule has 9 nitrogen and oxygen atoms in total. The molecule has 1 saturated carbocycles. The number of hydrogen-bond acceptors (Lipinski definition) is 8. The number of nitrogens with zero attached hydrogens (tertiary/aromatic N) is 4. The van der Waals surface area contributed by atoms with Gasteiger partial charge in [-0.25, -0.2) is 9.98 Å². The number of benzene rings is 2. The molecule has 10 heteroatoms. The van der Waals surface area contributed by atoms with E-state index in [1.165, 1.54) is 11.3 Å². The number of fused-ring (bicyclic) bond motifs is 1. The molecule has 0 unspecified atom stereocenters. The van der Waals surface area contributed by atoms with E-state index in [1.807, 2.05) is 85.6 Å². The highest BCUT2D eigenvalue weighted by molar-refractivity contribution is 7.16. The SMILES string of the molecule is C=C(Nc1ccc(C(=O)N2c3ccccc3N=C(c3ccc(C(=O)NC4(C)CCC4)s3)[C@H]2C)cc1)c1cc(C)cnc1N1CC2(CCOCC2)C1. The van der Waals surface area contributed by atoms with Gasteiger partial charge in [-0.1, -0.05) is 18.7 Å². The zero-order valence-electron chi connectivity index (χ0n) is 29.5. The summed E-state index contributed by atoms with van der Waals surface area (Å²) in [6, 6.07) is 20.9. The Labute approximate surface area is 303 Å². The number of amides is 2. The lowest BCUT2D eigenvalue weighted by Gasteiger charge is -2.53. The summed E-state index contributed by atoms with van der Waals surface area (Å²) in [7, 11) is 0. The molecule has 2 aromatic carbocycles. The number of thiophene rings is 1. The fourth-order valence-electron chi connectivity index (χ4n) is 7.77. The Morgan fingerprint density at radius 3 is 2.47 bits per heavy atom. The van der Waals surface area contributed by atoms with Gasteiger partial charge >= 0.3 is 0 Å². The van der Waals surface area contributed by atoms with Crippen LogP contribution in [0.15, 0.2) is 84.5 Å². The lowest BCUT2D eigenvalue weighted by Crippen LogP contribution is -2.59. The van der Waals surface area contributed by atoms with Crippen molar-refractivity contribution in [3.05, 3.63) is 106 Å². The number of anilines is 3. The van der Waals surface area contributed by atoms with Gasteiger partial charge in [0.25, 0.3) is 11.8 Å². The first-order chi connectivity index (χ1) is 24.6. The minimum Gasteiger partial charge on any atom is -0.381 e. The van der Waals surface area contributed by atoms with Crippen molar-refractivity contribution in [1.29, 1.82) is 0 Å². The molecular formula is C41H44N6O3S. The fraction of sp³-hybridized carbons (Fsp3) is 0.366. The molecule has 5 heterocycles. The zero-order chi connectivity index (χ0) is 35.3. The molecule has 4 aliphatic rings. The molecule has 0 radical (unpaired) electrons. The predicted molar refractivity (Wildman–Crippen MR) is 206 cm³/mol. The highest BCUT2D eigenvalue weighted by Gasteiger charge is 2.45. The topological polar surface area (TPSA) is 99.2 Å². The maximum atomic E-state index is 14.3. The number of aryl methyl sites for hydroxylation is 1. The van der Waals surface area contributed by atoms with E-state index in [0.29, 0.717) is 15.9 Å². The number of hydrogen-bond donors (Lipinski definition) is 2. The Hall–Kier alpha value is -4.80. The van der Waals surface area contributed by atoms with Crippen LogP contribution in [0.5, 0.6) is 0 Å². The third-order valence-corrected chi connectivity index (χ3v) is 12.1. The van der Waals surface area contributed by atoms with Gasteiger partial charge in [0.2, 0.25) is 0 Å². The average molecular weight is 701 g/mol. The highest BCUT2D eigenvalue weighted by Crippen LogP contribution is 2.43. The number of ether oxygens (including phenoxy) is 1. The van der Waals surface area contributed by atoms with E-state index in [0.717, 1.165) is 109 Å². The quantitative estimate of drug-likeness (QED) is 0.193. The van der Waals surface area contributed by atoms with Crippen LogP contribution in [-0.4, -0.2) is 60.4 Å². The van der Waals surface area contributed by atoms with Gasteiger partial charge in [-0.3, -0.25) is 14.5 Å². The van der Waals surface area contributed by atoms with Crippen LogP contribution < -0.4 is 20.4 Å². The van der Waals surface area contributed by atoms with Crippen molar-refractivity contribution in [2.75, 3.05) is 41.4 Å². The standard InChI is InChI=1S/C41H44N6O3S/c1-26-22-31(37(42-23-26)46-24-41(25-46)18-20-50-21-19-41)27(2)43-30-12-10-29(11-13-30)39(49)47-28(3)36(44-32-8-5-6-9-33(32)47)34-14-15-35(51-34)38(48)45-40(4)16-7-17-40/h5-6,8-15,22-23,28,43H,2,7,16-21,24-25H2,1,3-4H3,(H,45,48)/t28-/m1/s1. The van der Waals surface area contributed by atoms with E-state index in [9.17, 15) is 9.59 Å². The predicted octanol–water partition coefficient (Wildman–Crippen LogP) is 7.99. The van der Waals surface area contributed by atoms with E-state index in [1.54, 1.807) is 0 Å². The Morgan fingerprint density at radius 1 is 1.00 bits per heavy atom. The summed E-state index contributed by atoms with van der Waals surface area (Å²) >= 11 is 1.42. The smallest absolute Gasteiger partial charge is 0.261 e. The molecule has 8 rings (SSSR count). The van der Waals surface area contributed by atoms with E-state index >= 15 is 0 Å². The molecule has 4 aromatic rings. The van der Waals surface area contributed by atoms with Crippen molar-refractivity contribution in [2.24, 2.45) is 10.4 Å². The Morgan fingerprint density at radius 2 is 1.75 bits per heavy atom. The number of aromatic nitrogens is 1. The molecule has 51 heavy (non-hydrogen) atoms. The Balaban J connectivity index is 0.987. The van der Waals surface area contributed by atoms with Crippen LogP contribution in [-0.2, 0) is 4.74 Å². The number of aliphatic imine (C=N–C) groups is 1. The zero-order valence-corrected chi connectivity index (χ0v) is 30.3. The summed E-state index contributed by atoms with van der Waals surface area (Å²) in [5, 5.41) is 6.68. The third kappa shape index (κ3) is 6.36. The molecule has 2 saturated heterocycles. The molecule has 3 fully saturated rings. The second kappa shape index (κ2) is 13.1. The van der Waals surface area contributed by atoms with Gasteiger partial charge in [-0.2, -0.15) is 0 Å². The second-order valence-corrected chi connectivity index (χ2v) is 16.0. The van der Waals surface area contributed by atoms with Crippen LogP contribution in [0.1, 0.15) is 82.0 Å². The van der Waals surface area contributed by atoms with Crippen LogP contribution in [0.3, 0.4) is 0 Å². The summed E-state index contributed by atoms with van der Waals surface area (Å²) in [6.07, 6.45) is 7.25. The van der Waals surface area contributed by atoms with E-state index in [2.05, 4.69) is 35.1 Å². The molecule has 262 valence electrons. The summed E-state index contributed by atoms with van der Waals surface area (Å²) < 4.78 is 5.61. The van der Waals surface area contributed by atoms with Crippen molar-refractivity contribution >= 4 is 57.4 Å². The number of para-hydroxylation sites is 2. The van der Waals surface area contributed by atoms with E-state index in [-0.39, 0.29) is 23.4 Å². The van der Waals surface area contributed by atoms with Crippen LogP contribution >= 0.6 is 11.3 Å². The van der Waals surface area contributed by atoms with Crippen LogP contribution in [0.2, 0.25) is 0 Å². The van der Waals surface area contributed by atoms with Gasteiger partial charge in [-0.15, -0.1) is 11.3 Å². The number of pyridine rings is 1. The molecule has 2 aromatic heterocycles. The fourth-order valence-corrected chi connectivity index (χ4v) is 8.75. The number of carbonyl (C=O) groups excluding carboxylic acids is 2. The van der Waals surface area contributed by atoms with Gasteiger partial charge in [0.05, 0.1) is 32.9 Å². The average Bonchev–Trinajstić information content (AvgIpc) is 3.61. The van der Waals surface area contributed by atoms with Gasteiger partial charge in [-0.05, 0) is 113 Å². The van der Waals surface area contributed by atoms with E-state index in [4.69, 9.17) is 14.7 Å². The minimum absolute atomic E-state index is 0.0546. The molecule has 2 amide bonds. The van der Waals surface area contributed by atoms with Crippen molar-refractivity contribution in [2.45, 2.75) is 64.5 Å². The normalized spacial score (nSPS) is 20.1. The minimum atomic E-state index is -0.349. The van der Waals surface area contributed by atoms with Gasteiger partial charge in [0, 0.05) is 66.0 Å². The maximum absolute atomic E-state index is 14.3. The van der Waals surface area contributed by atoms with Crippen molar-refractivity contribution in [3.8, 4) is 0 Å². The lowest BCUT2D eigenvalue weighted by molar-refractivity contribution is -0.000471. The molecule has 3 aliphatic heterocycles. The lowest BCUT2D eigenvalue weighted by atomic mass is 9.73. The highest BCUT2D eigenvalue weighted by atomic mass is 32.1. The Kier molecular flexibility index (Phi) is 8.55. The first-order valence-corrected chi connectivity index (χ1v) is 18.7. The van der Waals surface area contributed by atoms with Gasteiger partial charge in [0.15, 0.2) is 0 Å². The first kappa shape index (κ1) is 33.3. The van der Waals surface area contributed by atoms with Crippen LogP contribution in [0.4, 0.5) is 22.9 Å². The third-order valence-electron chi connectivity index (χ3n) is 11.0. The maximum Gasteiger partial charge on any atom is 0.261 e. The number of carbonyl (C=O) groups is 2. The Bertz CT molecular complexity index is 2030. The van der Waals surface area contributed by atoms with Crippen molar-refractivity contribution in [3.63, 3.8) is 0 Å². The van der Waals surface area contributed by atoms with Gasteiger partial charge < -0.3 is 20.3 Å². The number of nitrogens with one attached hydrogen (secondary N) is 2. The molecule has 0 bridgehead atoms. The largest absolute Gasteiger partial charge is 0.381 e. The van der Waals surface area contributed by atoms with Gasteiger partial charge in [0.1, 0.15) is 5.82 Å². The van der Waals surface area contributed by atoms with Crippen molar-refractivity contribution < 1.29 is 14.3 Å². The van der Waals surface area contributed by atoms with Crippen molar-refractivity contribution in [1.82, 2.24) is 10.3 Å². The van der Waals surface area contributed by atoms with Crippen LogP contribution in [0.25, 0.3) is 5.70 Å². The summed E-state index contributed by atoms with van der Waals surface area (Å²) in [5.41, 5.74) is 6.67. The molecule has 2 N–H and O–H groups in total. The molecule has 1 atom stereocenters. The first-order valence-electron chi connectivity index (χ1n) is 17.9. The molecule has 1 aliphatic carbocycles. The summed E-state index contributed by atoms with van der Waals surface area (Å²) in [4.78, 5) is 42.9. The molecule has 1 spiro atoms. The summed E-state index contributed by atoms with van der Waals surface area (Å²) in [5.74, 6) is 0.773. The second-order valence-electron chi connectivity index (χ2n) is 14.9. The van der Waals surface area contributed by atoms with E-state index < -0.39 is 0 Å². The van der Waals surface area contributed by atoms with Crippen LogP contribution in [0, 0.1) is 12.3 Å². The number of rotatable bonds is 8. The molecular weight excluding hydrogens is 657 g/mol. The monoisotopic (exact) mass is 700 g/mol. The summed E-state index contributed by atoms with van der Waals surface area (Å²) in [6.45, 7) is 14.2.